The second-order valence-electron chi connectivity index (χ2n) is 6.91. The lowest BCUT2D eigenvalue weighted by Gasteiger charge is -2.23. The maximum absolute atomic E-state index is 12.3. The summed E-state index contributed by atoms with van der Waals surface area (Å²) in [5, 5.41) is 6.97. The Balaban J connectivity index is 1.53. The molecule has 0 bridgehead atoms. The second-order valence-corrected chi connectivity index (χ2v) is 6.91. The van der Waals surface area contributed by atoms with Crippen molar-refractivity contribution in [2.24, 2.45) is 0 Å². The molecule has 1 fully saturated rings. The van der Waals surface area contributed by atoms with Gasteiger partial charge in [0.05, 0.1) is 5.56 Å². The van der Waals surface area contributed by atoms with Crippen molar-refractivity contribution in [3.8, 4) is 0 Å². The van der Waals surface area contributed by atoms with Crippen LogP contribution in [-0.2, 0) is 9.53 Å². The maximum atomic E-state index is 12.3. The standard InChI is InChI=1S/C21H24N2O4/c1-14(19(24)23-21(26)22-18-9-3-2-4-10-18)27-20(25)17-12-11-15-7-5-6-8-16(15)13-17/h5-8,11-14,18H,2-4,9-10H2,1H3,(H2,22,23,24,26)/t14-/m1/s1. The average Bonchev–Trinajstić information content (AvgIpc) is 2.68. The molecular formula is C21H24N2O4. The molecule has 3 amide bonds. The molecule has 1 saturated carbocycles. The number of amides is 3. The first kappa shape index (κ1) is 18.9. The Bertz CT molecular complexity index is 843. The molecule has 6 heteroatoms. The molecule has 6 nitrogen and oxygen atoms in total. The summed E-state index contributed by atoms with van der Waals surface area (Å²) < 4.78 is 5.21. The number of rotatable bonds is 4. The van der Waals surface area contributed by atoms with Crippen molar-refractivity contribution in [1.29, 1.82) is 0 Å². The van der Waals surface area contributed by atoms with E-state index in [1.165, 1.54) is 13.3 Å². The van der Waals surface area contributed by atoms with Gasteiger partial charge in [0.1, 0.15) is 0 Å². The minimum absolute atomic E-state index is 0.0991. The zero-order chi connectivity index (χ0) is 19.2. The highest BCUT2D eigenvalue weighted by Crippen LogP contribution is 2.18. The van der Waals surface area contributed by atoms with E-state index in [1.807, 2.05) is 30.3 Å². The quantitative estimate of drug-likeness (QED) is 0.809. The third-order valence-electron chi connectivity index (χ3n) is 4.82. The summed E-state index contributed by atoms with van der Waals surface area (Å²) in [7, 11) is 0. The summed E-state index contributed by atoms with van der Waals surface area (Å²) >= 11 is 0. The number of hydrogen-bond acceptors (Lipinski definition) is 4. The summed E-state index contributed by atoms with van der Waals surface area (Å²) in [6, 6.07) is 12.4. The van der Waals surface area contributed by atoms with Gasteiger partial charge in [0.25, 0.3) is 5.91 Å². The van der Waals surface area contributed by atoms with E-state index in [-0.39, 0.29) is 6.04 Å². The molecule has 2 aromatic rings. The number of imide groups is 1. The van der Waals surface area contributed by atoms with Crippen LogP contribution in [0.4, 0.5) is 4.79 Å². The van der Waals surface area contributed by atoms with Crippen molar-refractivity contribution in [3.63, 3.8) is 0 Å². The summed E-state index contributed by atoms with van der Waals surface area (Å²) in [6.45, 7) is 1.45. The molecule has 142 valence electrons. The van der Waals surface area contributed by atoms with Gasteiger partial charge in [-0.2, -0.15) is 0 Å². The molecule has 2 aromatic carbocycles. The van der Waals surface area contributed by atoms with E-state index in [9.17, 15) is 14.4 Å². The van der Waals surface area contributed by atoms with Crippen LogP contribution in [0.1, 0.15) is 49.4 Å². The molecule has 1 atom stereocenters. The predicted octanol–water partition coefficient (Wildman–Crippen LogP) is 3.54. The highest BCUT2D eigenvalue weighted by molar-refractivity contribution is 5.99. The van der Waals surface area contributed by atoms with E-state index in [2.05, 4.69) is 10.6 Å². The number of nitrogens with one attached hydrogen (secondary N) is 2. The van der Waals surface area contributed by atoms with Crippen LogP contribution in [-0.4, -0.2) is 30.1 Å². The van der Waals surface area contributed by atoms with E-state index >= 15 is 0 Å². The first-order valence-corrected chi connectivity index (χ1v) is 9.34. The van der Waals surface area contributed by atoms with Crippen LogP contribution < -0.4 is 10.6 Å². The zero-order valence-electron chi connectivity index (χ0n) is 15.4. The lowest BCUT2D eigenvalue weighted by molar-refractivity contribution is -0.127. The van der Waals surface area contributed by atoms with Crippen molar-refractivity contribution in [2.75, 3.05) is 0 Å². The Hall–Kier alpha value is -2.89. The fourth-order valence-electron chi connectivity index (χ4n) is 3.28. The summed E-state index contributed by atoms with van der Waals surface area (Å²) in [5.74, 6) is -1.24. The Morgan fingerprint density at radius 1 is 1.00 bits per heavy atom. The molecule has 0 heterocycles. The summed E-state index contributed by atoms with van der Waals surface area (Å²) in [6.07, 6.45) is 4.13. The van der Waals surface area contributed by atoms with Gasteiger partial charge in [-0.05, 0) is 42.7 Å². The van der Waals surface area contributed by atoms with Gasteiger partial charge in [-0.1, -0.05) is 49.6 Å². The minimum atomic E-state index is -1.07. The summed E-state index contributed by atoms with van der Waals surface area (Å²) in [5.41, 5.74) is 0.361. The smallest absolute Gasteiger partial charge is 0.338 e. The molecule has 1 aliphatic carbocycles. The van der Waals surface area contributed by atoms with Gasteiger partial charge < -0.3 is 10.1 Å². The minimum Gasteiger partial charge on any atom is -0.449 e. The summed E-state index contributed by atoms with van der Waals surface area (Å²) in [4.78, 5) is 36.4. The van der Waals surface area contributed by atoms with Gasteiger partial charge >= 0.3 is 12.0 Å². The van der Waals surface area contributed by atoms with Gasteiger partial charge in [0.2, 0.25) is 0 Å². The van der Waals surface area contributed by atoms with Crippen molar-refractivity contribution in [2.45, 2.75) is 51.2 Å². The monoisotopic (exact) mass is 368 g/mol. The fourth-order valence-corrected chi connectivity index (χ4v) is 3.28. The van der Waals surface area contributed by atoms with E-state index in [1.54, 1.807) is 12.1 Å². The second kappa shape index (κ2) is 8.66. The number of ether oxygens (including phenoxy) is 1. The van der Waals surface area contributed by atoms with E-state index in [4.69, 9.17) is 4.74 Å². The van der Waals surface area contributed by atoms with Crippen molar-refractivity contribution in [1.82, 2.24) is 10.6 Å². The largest absolute Gasteiger partial charge is 0.449 e. The molecule has 0 aliphatic heterocycles. The lowest BCUT2D eigenvalue weighted by Crippen LogP contribution is -2.48. The topological polar surface area (TPSA) is 84.5 Å². The molecule has 1 aliphatic rings. The molecular weight excluding hydrogens is 344 g/mol. The van der Waals surface area contributed by atoms with Crippen LogP contribution in [0.25, 0.3) is 10.8 Å². The molecule has 0 aromatic heterocycles. The molecule has 3 rings (SSSR count). The van der Waals surface area contributed by atoms with E-state index < -0.39 is 24.0 Å². The number of hydrogen-bond donors (Lipinski definition) is 2. The van der Waals surface area contributed by atoms with E-state index in [0.29, 0.717) is 5.56 Å². The van der Waals surface area contributed by atoms with Gasteiger partial charge in [0.15, 0.2) is 6.10 Å². The molecule has 2 N–H and O–H groups in total. The molecule has 0 saturated heterocycles. The van der Waals surface area contributed by atoms with Gasteiger partial charge in [-0.15, -0.1) is 0 Å². The third-order valence-corrected chi connectivity index (χ3v) is 4.82. The normalized spacial score (nSPS) is 15.7. The Kier molecular flexibility index (Phi) is 6.06. The number of esters is 1. The lowest BCUT2D eigenvalue weighted by atomic mass is 9.96. The van der Waals surface area contributed by atoms with Gasteiger partial charge in [-0.25, -0.2) is 9.59 Å². The number of carbonyl (C=O) groups is 3. The SMILES string of the molecule is C[C@@H](OC(=O)c1ccc2ccccc2c1)C(=O)NC(=O)NC1CCCCC1. The Morgan fingerprint density at radius 3 is 2.44 bits per heavy atom. The Labute approximate surface area is 158 Å². The molecule has 0 unspecified atom stereocenters. The average molecular weight is 368 g/mol. The number of urea groups is 1. The van der Waals surface area contributed by atoms with Crippen molar-refractivity contribution in [3.05, 3.63) is 48.0 Å². The maximum Gasteiger partial charge on any atom is 0.338 e. The first-order valence-electron chi connectivity index (χ1n) is 9.34. The van der Waals surface area contributed by atoms with Crippen LogP contribution in [0.5, 0.6) is 0 Å². The molecule has 0 spiro atoms. The van der Waals surface area contributed by atoms with Crippen LogP contribution in [0.2, 0.25) is 0 Å². The van der Waals surface area contributed by atoms with Crippen LogP contribution in [0.15, 0.2) is 42.5 Å². The number of fused-ring (bicyclic) bond motifs is 1. The first-order chi connectivity index (χ1) is 13.0. The van der Waals surface area contributed by atoms with Gasteiger partial charge in [-0.3, -0.25) is 10.1 Å². The van der Waals surface area contributed by atoms with Crippen molar-refractivity contribution < 1.29 is 19.1 Å². The zero-order valence-corrected chi connectivity index (χ0v) is 15.4. The molecule has 27 heavy (non-hydrogen) atoms. The van der Waals surface area contributed by atoms with E-state index in [0.717, 1.165) is 36.5 Å². The predicted molar refractivity (Wildman–Crippen MR) is 102 cm³/mol. The highest BCUT2D eigenvalue weighted by Gasteiger charge is 2.22. The van der Waals surface area contributed by atoms with Crippen molar-refractivity contribution >= 4 is 28.7 Å². The van der Waals surface area contributed by atoms with Gasteiger partial charge in [0, 0.05) is 6.04 Å². The fraction of sp³-hybridized carbons (Fsp3) is 0.381. The molecule has 0 radical (unpaired) electrons. The third kappa shape index (κ3) is 5.06. The Morgan fingerprint density at radius 2 is 1.70 bits per heavy atom. The number of benzene rings is 2. The van der Waals surface area contributed by atoms with Crippen LogP contribution >= 0.6 is 0 Å². The van der Waals surface area contributed by atoms with Crippen LogP contribution in [0.3, 0.4) is 0 Å². The highest BCUT2D eigenvalue weighted by atomic mass is 16.5. The number of carbonyl (C=O) groups excluding carboxylic acids is 3. The van der Waals surface area contributed by atoms with Crippen LogP contribution in [0, 0.1) is 0 Å².